The van der Waals surface area contributed by atoms with E-state index in [1.54, 1.807) is 6.20 Å². The van der Waals surface area contributed by atoms with Gasteiger partial charge in [0.25, 0.3) is 0 Å². The maximum absolute atomic E-state index is 5.48. The maximum Gasteiger partial charge on any atom is 0.137 e. The average molecular weight is 234 g/mol. The topological polar surface area (TPSA) is 54.7 Å². The van der Waals surface area contributed by atoms with Crippen LogP contribution in [-0.2, 0) is 6.42 Å². The second kappa shape index (κ2) is 5.86. The first kappa shape index (κ1) is 13.2. The fourth-order valence-corrected chi connectivity index (χ4v) is 1.38. The normalized spacial score (nSPS) is 9.21. The molecule has 0 saturated carbocycles. The minimum Gasteiger partial charge on any atom is -0.346 e. The molecule has 0 spiro atoms. The zero-order valence-electron chi connectivity index (χ0n) is 7.56. The first-order valence-electron chi connectivity index (χ1n) is 4.03. The monoisotopic (exact) mass is 233 g/mol. The van der Waals surface area contributed by atoms with Crippen molar-refractivity contribution in [3.05, 3.63) is 30.1 Å². The van der Waals surface area contributed by atoms with Crippen molar-refractivity contribution in [2.75, 3.05) is 6.54 Å². The summed E-state index contributed by atoms with van der Waals surface area (Å²) in [7, 11) is 0. The maximum atomic E-state index is 5.48. The van der Waals surface area contributed by atoms with Gasteiger partial charge in [-0.15, -0.1) is 24.8 Å². The van der Waals surface area contributed by atoms with Gasteiger partial charge in [-0.3, -0.25) is 0 Å². The first-order chi connectivity index (χ1) is 5.92. The van der Waals surface area contributed by atoms with E-state index in [4.69, 9.17) is 5.73 Å². The van der Waals surface area contributed by atoms with Crippen LogP contribution in [-0.4, -0.2) is 16.5 Å². The van der Waals surface area contributed by atoms with Crippen molar-refractivity contribution in [3.8, 4) is 0 Å². The van der Waals surface area contributed by atoms with Gasteiger partial charge in [0.05, 0.1) is 0 Å². The molecule has 0 aliphatic rings. The summed E-state index contributed by atoms with van der Waals surface area (Å²) in [6.07, 6.45) is 4.67. The highest BCUT2D eigenvalue weighted by Crippen LogP contribution is 2.15. The van der Waals surface area contributed by atoms with Crippen LogP contribution >= 0.6 is 24.8 Å². The molecule has 2 heterocycles. The zero-order chi connectivity index (χ0) is 8.39. The van der Waals surface area contributed by atoms with E-state index in [1.807, 2.05) is 12.3 Å². The lowest BCUT2D eigenvalue weighted by atomic mass is 10.2. The molecule has 0 atom stereocenters. The number of halogens is 2. The number of nitrogens with zero attached hydrogens (tertiary/aromatic N) is 1. The van der Waals surface area contributed by atoms with E-state index in [9.17, 15) is 0 Å². The summed E-state index contributed by atoms with van der Waals surface area (Å²) in [4.78, 5) is 7.29. The smallest absolute Gasteiger partial charge is 0.137 e. The molecular weight excluding hydrogens is 221 g/mol. The number of hydrogen-bond donors (Lipinski definition) is 2. The fraction of sp³-hybridized carbons (Fsp3) is 0.222. The van der Waals surface area contributed by atoms with Gasteiger partial charge in [0.1, 0.15) is 5.65 Å². The van der Waals surface area contributed by atoms with E-state index in [1.165, 1.54) is 10.9 Å². The lowest BCUT2D eigenvalue weighted by Gasteiger charge is -1.93. The Bertz CT molecular complexity index is 386. The highest BCUT2D eigenvalue weighted by molar-refractivity contribution is 5.85. The minimum atomic E-state index is 0. The Morgan fingerprint density at radius 2 is 2.14 bits per heavy atom. The van der Waals surface area contributed by atoms with Crippen LogP contribution < -0.4 is 5.73 Å². The van der Waals surface area contributed by atoms with Crippen LogP contribution in [0.1, 0.15) is 5.56 Å². The molecule has 3 N–H and O–H groups in total. The number of nitrogens with one attached hydrogen (secondary N) is 1. The summed E-state index contributed by atoms with van der Waals surface area (Å²) in [5.41, 5.74) is 7.67. The third kappa shape index (κ3) is 2.38. The Balaban J connectivity index is 0.000000845. The van der Waals surface area contributed by atoms with Gasteiger partial charge in [0.15, 0.2) is 0 Å². The fourth-order valence-electron chi connectivity index (χ4n) is 1.38. The highest BCUT2D eigenvalue weighted by Gasteiger charge is 2.01. The molecule has 0 aliphatic heterocycles. The summed E-state index contributed by atoms with van der Waals surface area (Å²) < 4.78 is 0. The van der Waals surface area contributed by atoms with Gasteiger partial charge in [-0.05, 0) is 30.7 Å². The second-order valence-electron chi connectivity index (χ2n) is 2.75. The molecule has 0 aromatic carbocycles. The predicted molar refractivity (Wildman–Crippen MR) is 63.3 cm³/mol. The van der Waals surface area contributed by atoms with Gasteiger partial charge in [0.2, 0.25) is 0 Å². The summed E-state index contributed by atoms with van der Waals surface area (Å²) in [5.74, 6) is 0. The summed E-state index contributed by atoms with van der Waals surface area (Å²) in [5, 5.41) is 1.18. The van der Waals surface area contributed by atoms with E-state index < -0.39 is 0 Å². The highest BCUT2D eigenvalue weighted by atomic mass is 35.5. The molecule has 3 nitrogen and oxygen atoms in total. The SMILES string of the molecule is Cl.Cl.NCCc1c[nH]c2ncccc12. The van der Waals surface area contributed by atoms with Crippen molar-refractivity contribution >= 4 is 35.8 Å². The lowest BCUT2D eigenvalue weighted by molar-refractivity contribution is 0.976. The predicted octanol–water partition coefficient (Wildman–Crippen LogP) is 1.91. The molecule has 0 saturated heterocycles. The third-order valence-corrected chi connectivity index (χ3v) is 1.95. The van der Waals surface area contributed by atoms with Crippen molar-refractivity contribution in [3.63, 3.8) is 0 Å². The standard InChI is InChI=1S/C9H11N3.2ClH/c10-4-3-7-6-12-9-8(7)2-1-5-11-9;;/h1-2,5-6H,3-4,10H2,(H,11,12);2*1H. The van der Waals surface area contributed by atoms with Crippen LogP contribution in [0, 0.1) is 0 Å². The molecule has 2 aromatic rings. The Hall–Kier alpha value is -0.770. The van der Waals surface area contributed by atoms with Crippen molar-refractivity contribution < 1.29 is 0 Å². The Labute approximate surface area is 94.9 Å². The zero-order valence-corrected chi connectivity index (χ0v) is 9.20. The van der Waals surface area contributed by atoms with Crippen molar-refractivity contribution in [1.29, 1.82) is 0 Å². The van der Waals surface area contributed by atoms with E-state index in [-0.39, 0.29) is 24.8 Å². The molecule has 78 valence electrons. The molecule has 14 heavy (non-hydrogen) atoms. The first-order valence-corrected chi connectivity index (χ1v) is 4.03. The van der Waals surface area contributed by atoms with Crippen molar-refractivity contribution in [2.45, 2.75) is 6.42 Å². The quantitative estimate of drug-likeness (QED) is 0.833. The Morgan fingerprint density at radius 1 is 1.36 bits per heavy atom. The van der Waals surface area contributed by atoms with Gasteiger partial charge in [0, 0.05) is 17.8 Å². The van der Waals surface area contributed by atoms with Crippen LogP contribution in [0.2, 0.25) is 0 Å². The molecule has 2 rings (SSSR count). The van der Waals surface area contributed by atoms with E-state index >= 15 is 0 Å². The second-order valence-corrected chi connectivity index (χ2v) is 2.75. The molecular formula is C9H13Cl2N3. The molecule has 0 aliphatic carbocycles. The molecule has 0 radical (unpaired) electrons. The number of aromatic nitrogens is 2. The van der Waals surface area contributed by atoms with Gasteiger partial charge in [-0.2, -0.15) is 0 Å². The number of hydrogen-bond acceptors (Lipinski definition) is 2. The van der Waals surface area contributed by atoms with Gasteiger partial charge in [-0.25, -0.2) is 4.98 Å². The molecule has 0 amide bonds. The molecule has 2 aromatic heterocycles. The Kier molecular flexibility index (Phi) is 5.53. The van der Waals surface area contributed by atoms with Crippen LogP contribution in [0.5, 0.6) is 0 Å². The van der Waals surface area contributed by atoms with Crippen LogP contribution in [0.3, 0.4) is 0 Å². The van der Waals surface area contributed by atoms with Gasteiger partial charge < -0.3 is 10.7 Å². The Morgan fingerprint density at radius 3 is 2.86 bits per heavy atom. The van der Waals surface area contributed by atoms with Crippen LogP contribution in [0.4, 0.5) is 0 Å². The number of pyridine rings is 1. The van der Waals surface area contributed by atoms with Crippen molar-refractivity contribution in [2.24, 2.45) is 5.73 Å². The lowest BCUT2D eigenvalue weighted by Crippen LogP contribution is -2.01. The van der Waals surface area contributed by atoms with E-state index in [0.29, 0.717) is 6.54 Å². The number of aromatic amines is 1. The van der Waals surface area contributed by atoms with Crippen LogP contribution in [0.15, 0.2) is 24.5 Å². The van der Waals surface area contributed by atoms with Crippen LogP contribution in [0.25, 0.3) is 11.0 Å². The largest absolute Gasteiger partial charge is 0.346 e. The number of nitrogens with two attached hydrogens (primary N) is 1. The molecule has 5 heteroatoms. The summed E-state index contributed by atoms with van der Waals surface area (Å²) >= 11 is 0. The minimum absolute atomic E-state index is 0. The van der Waals surface area contributed by atoms with Gasteiger partial charge >= 0.3 is 0 Å². The summed E-state index contributed by atoms with van der Waals surface area (Å²) in [6.45, 7) is 0.682. The van der Waals surface area contributed by atoms with E-state index in [2.05, 4.69) is 16.0 Å². The van der Waals surface area contributed by atoms with Crippen molar-refractivity contribution in [1.82, 2.24) is 9.97 Å². The number of H-pyrrole nitrogens is 1. The third-order valence-electron chi connectivity index (χ3n) is 1.95. The molecule has 0 fully saturated rings. The number of rotatable bonds is 2. The molecule has 0 unspecified atom stereocenters. The number of fused-ring (bicyclic) bond motifs is 1. The average Bonchev–Trinajstić information content (AvgIpc) is 2.50. The van der Waals surface area contributed by atoms with Gasteiger partial charge in [-0.1, -0.05) is 0 Å². The molecule has 0 bridgehead atoms. The van der Waals surface area contributed by atoms with E-state index in [0.717, 1.165) is 12.1 Å². The summed E-state index contributed by atoms with van der Waals surface area (Å²) in [6, 6.07) is 4.00.